The quantitative estimate of drug-likeness (QED) is 0.878. The molecule has 0 unspecified atom stereocenters. The molecular weight excluding hydrogens is 230 g/mol. The van der Waals surface area contributed by atoms with Crippen LogP contribution in [0, 0.1) is 0 Å². The maximum absolute atomic E-state index is 11.6. The number of aliphatic hydroxyl groups excluding tert-OH is 1. The zero-order chi connectivity index (χ0) is 10.8. The van der Waals surface area contributed by atoms with Crippen LogP contribution in [-0.2, 0) is 4.79 Å². The number of β-amino-alcohol motifs (C(OH)–C–C–N with tert-alkyl or cyclic N) is 1. The molecule has 0 spiro atoms. The van der Waals surface area contributed by atoms with Gasteiger partial charge in [0.05, 0.1) is 11.9 Å². The van der Waals surface area contributed by atoms with E-state index in [0.717, 1.165) is 5.56 Å². The third-order valence-corrected chi connectivity index (χ3v) is 4.21. The van der Waals surface area contributed by atoms with Gasteiger partial charge in [0, 0.05) is 6.54 Å². The average Bonchev–Trinajstić information content (AvgIpc) is 2.76. The van der Waals surface area contributed by atoms with Crippen molar-refractivity contribution in [3.8, 4) is 0 Å². The summed E-state index contributed by atoms with van der Waals surface area (Å²) >= 11 is 3.27. The number of carbonyl (C=O) groups is 1. The summed E-state index contributed by atoms with van der Waals surface area (Å²) < 4.78 is 0. The Labute approximate surface area is 97.1 Å². The number of aliphatic hydroxyl groups is 1. The zero-order valence-electron chi connectivity index (χ0n) is 8.42. The largest absolute Gasteiger partial charge is 0.392 e. The number of hydrogen-bond donors (Lipinski definition) is 1. The SMILES string of the molecule is C[C@@H](O)CN1C(=O)CS[C@H]1c1ccsc1. The highest BCUT2D eigenvalue weighted by Crippen LogP contribution is 2.39. The first-order chi connectivity index (χ1) is 7.18. The third-order valence-electron chi connectivity index (χ3n) is 2.26. The topological polar surface area (TPSA) is 40.5 Å². The van der Waals surface area contributed by atoms with Crippen molar-refractivity contribution in [1.82, 2.24) is 4.90 Å². The van der Waals surface area contributed by atoms with Crippen molar-refractivity contribution in [3.05, 3.63) is 22.4 Å². The summed E-state index contributed by atoms with van der Waals surface area (Å²) in [4.78, 5) is 13.4. The molecule has 0 saturated carbocycles. The van der Waals surface area contributed by atoms with Gasteiger partial charge in [-0.2, -0.15) is 11.3 Å². The van der Waals surface area contributed by atoms with E-state index in [4.69, 9.17) is 0 Å². The molecule has 1 aromatic rings. The molecule has 1 amide bonds. The van der Waals surface area contributed by atoms with Crippen molar-refractivity contribution < 1.29 is 9.90 Å². The normalized spacial score (nSPS) is 23.5. The maximum Gasteiger partial charge on any atom is 0.233 e. The van der Waals surface area contributed by atoms with Gasteiger partial charge in [-0.25, -0.2) is 0 Å². The van der Waals surface area contributed by atoms with Gasteiger partial charge in [0.15, 0.2) is 0 Å². The van der Waals surface area contributed by atoms with Gasteiger partial charge >= 0.3 is 0 Å². The van der Waals surface area contributed by atoms with Crippen LogP contribution >= 0.6 is 23.1 Å². The zero-order valence-corrected chi connectivity index (χ0v) is 10.1. The van der Waals surface area contributed by atoms with Gasteiger partial charge in [0.2, 0.25) is 5.91 Å². The first kappa shape index (κ1) is 11.0. The Morgan fingerprint density at radius 1 is 1.73 bits per heavy atom. The predicted molar refractivity (Wildman–Crippen MR) is 62.9 cm³/mol. The predicted octanol–water partition coefficient (Wildman–Crippen LogP) is 1.70. The van der Waals surface area contributed by atoms with Crippen molar-refractivity contribution in [2.45, 2.75) is 18.4 Å². The lowest BCUT2D eigenvalue weighted by Gasteiger charge is -2.24. The lowest BCUT2D eigenvalue weighted by Crippen LogP contribution is -2.34. The molecule has 2 atom stereocenters. The Hall–Kier alpha value is -0.520. The molecule has 1 aliphatic rings. The van der Waals surface area contributed by atoms with Crippen molar-refractivity contribution in [2.75, 3.05) is 12.3 Å². The van der Waals surface area contributed by atoms with Crippen LogP contribution in [0.25, 0.3) is 0 Å². The molecule has 1 N–H and O–H groups in total. The Kier molecular flexibility index (Phi) is 3.33. The van der Waals surface area contributed by atoms with E-state index in [-0.39, 0.29) is 11.3 Å². The summed E-state index contributed by atoms with van der Waals surface area (Å²) in [5.41, 5.74) is 1.16. The first-order valence-corrected chi connectivity index (χ1v) is 6.79. The van der Waals surface area contributed by atoms with E-state index in [1.807, 2.05) is 11.4 Å². The summed E-state index contributed by atoms with van der Waals surface area (Å²) in [5, 5.41) is 13.5. The van der Waals surface area contributed by atoms with Gasteiger partial charge < -0.3 is 10.0 Å². The second-order valence-electron chi connectivity index (χ2n) is 3.62. The van der Waals surface area contributed by atoms with Crippen LogP contribution in [0.5, 0.6) is 0 Å². The lowest BCUT2D eigenvalue weighted by atomic mass is 10.2. The molecule has 0 bridgehead atoms. The minimum absolute atomic E-state index is 0.0957. The van der Waals surface area contributed by atoms with E-state index >= 15 is 0 Å². The standard InChI is InChI=1S/C10H13NO2S2/c1-7(12)4-11-9(13)6-15-10(11)8-2-3-14-5-8/h2-3,5,7,10,12H,4,6H2,1H3/t7-,10+/m1/s1. The second kappa shape index (κ2) is 4.55. The van der Waals surface area contributed by atoms with E-state index in [2.05, 4.69) is 5.38 Å². The third kappa shape index (κ3) is 2.35. The summed E-state index contributed by atoms with van der Waals surface area (Å²) in [5.74, 6) is 0.643. The average molecular weight is 243 g/mol. The van der Waals surface area contributed by atoms with Crippen molar-refractivity contribution >= 4 is 29.0 Å². The molecule has 1 aliphatic heterocycles. The summed E-state index contributed by atoms with van der Waals surface area (Å²) in [6.45, 7) is 2.13. The van der Waals surface area contributed by atoms with Crippen LogP contribution in [0.4, 0.5) is 0 Å². The molecule has 1 saturated heterocycles. The second-order valence-corrected chi connectivity index (χ2v) is 5.46. The molecule has 2 rings (SSSR count). The van der Waals surface area contributed by atoms with Crippen LogP contribution in [0.3, 0.4) is 0 Å². The van der Waals surface area contributed by atoms with Gasteiger partial charge in [-0.05, 0) is 29.3 Å². The molecule has 0 radical (unpaired) electrons. The Balaban J connectivity index is 2.14. The number of hydrogen-bond acceptors (Lipinski definition) is 4. The number of rotatable bonds is 3. The van der Waals surface area contributed by atoms with Crippen LogP contribution in [0.1, 0.15) is 17.9 Å². The molecular formula is C10H13NO2S2. The molecule has 1 fully saturated rings. The molecule has 3 nitrogen and oxygen atoms in total. The molecule has 5 heteroatoms. The van der Waals surface area contributed by atoms with Gasteiger partial charge in [0.1, 0.15) is 5.37 Å². The fourth-order valence-corrected chi connectivity index (χ4v) is 3.58. The highest BCUT2D eigenvalue weighted by Gasteiger charge is 2.33. The molecule has 2 heterocycles. The van der Waals surface area contributed by atoms with Crippen molar-refractivity contribution in [2.24, 2.45) is 0 Å². The Morgan fingerprint density at radius 2 is 2.53 bits per heavy atom. The van der Waals surface area contributed by atoms with Crippen LogP contribution < -0.4 is 0 Å². The summed E-state index contributed by atoms with van der Waals surface area (Å²) in [6.07, 6.45) is -0.464. The number of thioether (sulfide) groups is 1. The van der Waals surface area contributed by atoms with E-state index in [1.165, 1.54) is 0 Å². The first-order valence-electron chi connectivity index (χ1n) is 4.79. The summed E-state index contributed by atoms with van der Waals surface area (Å²) in [6, 6.07) is 2.04. The maximum atomic E-state index is 11.6. The van der Waals surface area contributed by atoms with Crippen LogP contribution in [0.15, 0.2) is 16.8 Å². The Morgan fingerprint density at radius 3 is 3.13 bits per heavy atom. The minimum Gasteiger partial charge on any atom is -0.392 e. The van der Waals surface area contributed by atoms with E-state index in [0.29, 0.717) is 12.3 Å². The molecule has 0 aromatic carbocycles. The smallest absolute Gasteiger partial charge is 0.233 e. The number of carbonyl (C=O) groups excluding carboxylic acids is 1. The van der Waals surface area contributed by atoms with Gasteiger partial charge in [-0.3, -0.25) is 4.79 Å². The van der Waals surface area contributed by atoms with E-state index in [1.54, 1.807) is 34.9 Å². The highest BCUT2D eigenvalue weighted by molar-refractivity contribution is 8.00. The van der Waals surface area contributed by atoms with Gasteiger partial charge in [0.25, 0.3) is 0 Å². The number of nitrogens with zero attached hydrogens (tertiary/aromatic N) is 1. The fourth-order valence-electron chi connectivity index (χ4n) is 1.63. The van der Waals surface area contributed by atoms with Crippen LogP contribution in [-0.4, -0.2) is 34.3 Å². The number of thiophene rings is 1. The minimum atomic E-state index is -0.464. The Bertz CT molecular complexity index is 337. The molecule has 1 aromatic heterocycles. The number of amides is 1. The monoisotopic (exact) mass is 243 g/mol. The lowest BCUT2D eigenvalue weighted by molar-refractivity contribution is -0.129. The van der Waals surface area contributed by atoms with E-state index in [9.17, 15) is 9.90 Å². The van der Waals surface area contributed by atoms with Gasteiger partial charge in [-0.15, -0.1) is 11.8 Å². The van der Waals surface area contributed by atoms with Crippen molar-refractivity contribution in [3.63, 3.8) is 0 Å². The molecule has 0 aliphatic carbocycles. The van der Waals surface area contributed by atoms with Crippen LogP contribution in [0.2, 0.25) is 0 Å². The van der Waals surface area contributed by atoms with Gasteiger partial charge in [-0.1, -0.05) is 0 Å². The molecule has 15 heavy (non-hydrogen) atoms. The fraction of sp³-hybridized carbons (Fsp3) is 0.500. The van der Waals surface area contributed by atoms with E-state index < -0.39 is 6.10 Å². The molecule has 82 valence electrons. The van der Waals surface area contributed by atoms with Crippen molar-refractivity contribution in [1.29, 1.82) is 0 Å². The summed E-state index contributed by atoms with van der Waals surface area (Å²) in [7, 11) is 0. The highest BCUT2D eigenvalue weighted by atomic mass is 32.2.